The van der Waals surface area contributed by atoms with E-state index in [-0.39, 0.29) is 0 Å². The number of para-hydroxylation sites is 2. The Balaban J connectivity index is 1.45. The third-order valence-corrected chi connectivity index (χ3v) is 5.10. The second-order valence-corrected chi connectivity index (χ2v) is 6.71. The fraction of sp³-hybridized carbons (Fsp3) is 0.474. The van der Waals surface area contributed by atoms with E-state index in [9.17, 15) is 0 Å². The number of nitrogens with one attached hydrogen (secondary N) is 1. The number of hydrogen-bond acceptors (Lipinski definition) is 3. The standard InChI is InChI=1S/C19H25N5/c1-15-20-10-14-23(15)12-6-13-24-11-5-4-9-18(24)19-21-16-7-2-3-8-17(16)22-19/h2-3,7-8,10,14,18H,4-6,9,11-13H2,1H3,(H,21,22). The minimum atomic E-state index is 0.426. The van der Waals surface area contributed by atoms with Gasteiger partial charge in [-0.25, -0.2) is 9.97 Å². The van der Waals surface area contributed by atoms with Gasteiger partial charge in [0.15, 0.2) is 0 Å². The van der Waals surface area contributed by atoms with Gasteiger partial charge in [-0.15, -0.1) is 0 Å². The largest absolute Gasteiger partial charge is 0.341 e. The molecule has 1 unspecified atom stereocenters. The Morgan fingerprint density at radius 1 is 1.21 bits per heavy atom. The molecule has 0 aliphatic carbocycles. The number of piperidine rings is 1. The molecule has 0 saturated carbocycles. The van der Waals surface area contributed by atoms with Crippen LogP contribution in [0.4, 0.5) is 0 Å². The molecular weight excluding hydrogens is 298 g/mol. The Morgan fingerprint density at radius 2 is 2.12 bits per heavy atom. The second-order valence-electron chi connectivity index (χ2n) is 6.71. The molecule has 24 heavy (non-hydrogen) atoms. The van der Waals surface area contributed by atoms with E-state index >= 15 is 0 Å². The number of imidazole rings is 2. The summed E-state index contributed by atoms with van der Waals surface area (Å²) >= 11 is 0. The van der Waals surface area contributed by atoms with Crippen LogP contribution in [0.2, 0.25) is 0 Å². The first-order valence-corrected chi connectivity index (χ1v) is 8.98. The fourth-order valence-electron chi connectivity index (χ4n) is 3.78. The van der Waals surface area contributed by atoms with Crippen molar-refractivity contribution in [1.29, 1.82) is 0 Å². The van der Waals surface area contributed by atoms with Crippen molar-refractivity contribution in [3.05, 3.63) is 48.3 Å². The van der Waals surface area contributed by atoms with Crippen LogP contribution in [0.15, 0.2) is 36.7 Å². The van der Waals surface area contributed by atoms with Gasteiger partial charge in [-0.1, -0.05) is 18.6 Å². The minimum absolute atomic E-state index is 0.426. The molecule has 0 amide bonds. The molecule has 3 aromatic rings. The van der Waals surface area contributed by atoms with Crippen molar-refractivity contribution in [2.24, 2.45) is 0 Å². The van der Waals surface area contributed by atoms with Crippen molar-refractivity contribution in [3.63, 3.8) is 0 Å². The van der Waals surface area contributed by atoms with Gasteiger partial charge >= 0.3 is 0 Å². The lowest BCUT2D eigenvalue weighted by Crippen LogP contribution is -2.35. The van der Waals surface area contributed by atoms with Crippen molar-refractivity contribution in [1.82, 2.24) is 24.4 Å². The number of hydrogen-bond donors (Lipinski definition) is 1. The van der Waals surface area contributed by atoms with E-state index in [4.69, 9.17) is 4.98 Å². The second kappa shape index (κ2) is 6.77. The number of benzene rings is 1. The smallest absolute Gasteiger partial charge is 0.124 e. The normalized spacial score (nSPS) is 19.1. The highest BCUT2D eigenvalue weighted by atomic mass is 15.2. The maximum atomic E-state index is 4.85. The summed E-state index contributed by atoms with van der Waals surface area (Å²) in [6.45, 7) is 5.39. The van der Waals surface area contributed by atoms with Crippen LogP contribution in [0.1, 0.15) is 43.4 Å². The van der Waals surface area contributed by atoms with Crippen LogP contribution in [0.3, 0.4) is 0 Å². The average Bonchev–Trinajstić information content (AvgIpc) is 3.21. The first-order chi connectivity index (χ1) is 11.8. The summed E-state index contributed by atoms with van der Waals surface area (Å²) in [5.74, 6) is 2.23. The molecule has 5 nitrogen and oxygen atoms in total. The van der Waals surface area contributed by atoms with Crippen LogP contribution < -0.4 is 0 Å². The van der Waals surface area contributed by atoms with Gasteiger partial charge in [-0.3, -0.25) is 4.90 Å². The molecule has 1 saturated heterocycles. The molecule has 1 fully saturated rings. The van der Waals surface area contributed by atoms with Gasteiger partial charge in [0, 0.05) is 25.5 Å². The summed E-state index contributed by atoms with van der Waals surface area (Å²) in [4.78, 5) is 15.3. The van der Waals surface area contributed by atoms with Crippen LogP contribution in [-0.4, -0.2) is 37.5 Å². The third-order valence-electron chi connectivity index (χ3n) is 5.10. The lowest BCUT2D eigenvalue weighted by Gasteiger charge is -2.34. The van der Waals surface area contributed by atoms with Crippen molar-refractivity contribution in [2.75, 3.05) is 13.1 Å². The Labute approximate surface area is 142 Å². The predicted molar refractivity (Wildman–Crippen MR) is 95.8 cm³/mol. The fourth-order valence-corrected chi connectivity index (χ4v) is 3.78. The number of aromatic amines is 1. The Kier molecular flexibility index (Phi) is 4.34. The SMILES string of the molecule is Cc1nccn1CCCN1CCCCC1c1nc2ccccc2[nH]1. The lowest BCUT2D eigenvalue weighted by molar-refractivity contribution is 0.139. The molecule has 1 aliphatic heterocycles. The molecule has 5 heteroatoms. The highest BCUT2D eigenvalue weighted by Crippen LogP contribution is 2.30. The molecule has 126 valence electrons. The molecule has 1 atom stereocenters. The Morgan fingerprint density at radius 3 is 2.96 bits per heavy atom. The number of aromatic nitrogens is 4. The molecule has 0 bridgehead atoms. The summed E-state index contributed by atoms with van der Waals surface area (Å²) < 4.78 is 2.24. The van der Waals surface area contributed by atoms with Gasteiger partial charge in [0.25, 0.3) is 0 Å². The average molecular weight is 323 g/mol. The topological polar surface area (TPSA) is 49.7 Å². The predicted octanol–water partition coefficient (Wildman–Crippen LogP) is 3.69. The number of fused-ring (bicyclic) bond motifs is 1. The zero-order chi connectivity index (χ0) is 16.4. The van der Waals surface area contributed by atoms with E-state index in [0.29, 0.717) is 6.04 Å². The van der Waals surface area contributed by atoms with Gasteiger partial charge in [0.2, 0.25) is 0 Å². The van der Waals surface area contributed by atoms with Crippen molar-refractivity contribution >= 4 is 11.0 Å². The van der Waals surface area contributed by atoms with Gasteiger partial charge in [-0.2, -0.15) is 0 Å². The van der Waals surface area contributed by atoms with Gasteiger partial charge in [0.1, 0.15) is 11.6 Å². The number of likely N-dealkylation sites (tertiary alicyclic amines) is 1. The first-order valence-electron chi connectivity index (χ1n) is 8.98. The number of rotatable bonds is 5. The van der Waals surface area contributed by atoms with Gasteiger partial charge < -0.3 is 9.55 Å². The van der Waals surface area contributed by atoms with Crippen LogP contribution in [0.5, 0.6) is 0 Å². The molecule has 0 spiro atoms. The highest BCUT2D eigenvalue weighted by molar-refractivity contribution is 5.74. The first kappa shape index (κ1) is 15.4. The third kappa shape index (κ3) is 3.08. The van der Waals surface area contributed by atoms with Crippen LogP contribution >= 0.6 is 0 Å². The highest BCUT2D eigenvalue weighted by Gasteiger charge is 2.26. The molecule has 0 radical (unpaired) electrons. The number of aryl methyl sites for hydroxylation is 2. The summed E-state index contributed by atoms with van der Waals surface area (Å²) in [6.07, 6.45) is 8.88. The zero-order valence-corrected chi connectivity index (χ0v) is 14.3. The van der Waals surface area contributed by atoms with Gasteiger partial charge in [0.05, 0.1) is 17.1 Å². The summed E-state index contributed by atoms with van der Waals surface area (Å²) in [5, 5.41) is 0. The number of H-pyrrole nitrogens is 1. The van der Waals surface area contributed by atoms with Crippen LogP contribution in [-0.2, 0) is 6.54 Å². The Bertz CT molecular complexity index is 770. The Hall–Kier alpha value is -2.14. The monoisotopic (exact) mass is 323 g/mol. The molecule has 1 aromatic carbocycles. The van der Waals surface area contributed by atoms with E-state index in [1.807, 2.05) is 6.20 Å². The molecule has 2 aromatic heterocycles. The molecule has 4 rings (SSSR count). The van der Waals surface area contributed by atoms with Crippen molar-refractivity contribution in [3.8, 4) is 0 Å². The molecule has 1 aliphatic rings. The van der Waals surface area contributed by atoms with E-state index in [2.05, 4.69) is 56.8 Å². The molecule has 1 N–H and O–H groups in total. The minimum Gasteiger partial charge on any atom is -0.341 e. The van der Waals surface area contributed by atoms with E-state index in [1.54, 1.807) is 0 Å². The van der Waals surface area contributed by atoms with Crippen molar-refractivity contribution in [2.45, 2.75) is 45.2 Å². The zero-order valence-electron chi connectivity index (χ0n) is 14.3. The van der Waals surface area contributed by atoms with E-state index in [0.717, 1.165) is 42.2 Å². The quantitative estimate of drug-likeness (QED) is 0.779. The van der Waals surface area contributed by atoms with Crippen LogP contribution in [0.25, 0.3) is 11.0 Å². The number of nitrogens with zero attached hydrogens (tertiary/aromatic N) is 4. The van der Waals surface area contributed by atoms with E-state index < -0.39 is 0 Å². The van der Waals surface area contributed by atoms with Crippen LogP contribution in [0, 0.1) is 6.92 Å². The summed E-state index contributed by atoms with van der Waals surface area (Å²) in [7, 11) is 0. The molecular formula is C19H25N5. The van der Waals surface area contributed by atoms with Gasteiger partial charge in [-0.05, 0) is 44.9 Å². The maximum absolute atomic E-state index is 4.85. The maximum Gasteiger partial charge on any atom is 0.124 e. The van der Waals surface area contributed by atoms with Crippen molar-refractivity contribution < 1.29 is 0 Å². The van der Waals surface area contributed by atoms with E-state index in [1.165, 1.54) is 25.8 Å². The lowest BCUT2D eigenvalue weighted by atomic mass is 10.0. The summed E-state index contributed by atoms with van der Waals surface area (Å²) in [5.41, 5.74) is 2.22. The molecule has 3 heterocycles. The summed E-state index contributed by atoms with van der Waals surface area (Å²) in [6, 6.07) is 8.75.